The van der Waals surface area contributed by atoms with E-state index in [1.165, 1.54) is 12.1 Å². The van der Waals surface area contributed by atoms with Gasteiger partial charge in [0.15, 0.2) is 0 Å². The van der Waals surface area contributed by atoms with Crippen LogP contribution in [0.25, 0.3) is 11.0 Å². The largest absolute Gasteiger partial charge is 0.386 e. The summed E-state index contributed by atoms with van der Waals surface area (Å²) in [4.78, 5) is 8.39. The Hall–Kier alpha value is -2.27. The van der Waals surface area contributed by atoms with Crippen LogP contribution in [0.4, 0.5) is 4.39 Å². The molecule has 1 N–H and O–H groups in total. The maximum atomic E-state index is 12.8. The Balaban J connectivity index is 1.89. The van der Waals surface area contributed by atoms with Crippen LogP contribution >= 0.6 is 0 Å². The Morgan fingerprint density at radius 3 is 2.75 bits per heavy atom. The number of aliphatic hydroxyl groups is 1. The monoisotopic (exact) mass is 271 g/mol. The Morgan fingerprint density at radius 2 is 2.05 bits per heavy atom. The predicted octanol–water partition coefficient (Wildman–Crippen LogP) is 2.38. The van der Waals surface area contributed by atoms with Gasteiger partial charge in [0.25, 0.3) is 0 Å². The predicted molar refractivity (Wildman–Crippen MR) is 73.6 cm³/mol. The van der Waals surface area contributed by atoms with Crippen molar-refractivity contribution in [1.82, 2.24) is 14.5 Å². The second-order valence-corrected chi connectivity index (χ2v) is 4.70. The number of imidazole rings is 1. The number of aromatic nitrogens is 3. The molecule has 0 aliphatic carbocycles. The SMILES string of the molecule is Cn1c(CC(O)c2ccc(F)cn2)nc2ccccc21. The molecule has 3 rings (SSSR count). The van der Waals surface area contributed by atoms with Crippen molar-refractivity contribution in [1.29, 1.82) is 0 Å². The van der Waals surface area contributed by atoms with E-state index in [0.29, 0.717) is 12.1 Å². The smallest absolute Gasteiger partial charge is 0.141 e. The van der Waals surface area contributed by atoms with Gasteiger partial charge in [-0.3, -0.25) is 4.98 Å². The zero-order valence-electron chi connectivity index (χ0n) is 11.0. The number of aliphatic hydroxyl groups excluding tert-OH is 1. The maximum Gasteiger partial charge on any atom is 0.141 e. The number of nitrogens with zero attached hydrogens (tertiary/aromatic N) is 3. The van der Waals surface area contributed by atoms with Crippen molar-refractivity contribution in [2.75, 3.05) is 0 Å². The quantitative estimate of drug-likeness (QED) is 0.795. The summed E-state index contributed by atoms with van der Waals surface area (Å²) < 4.78 is 14.8. The lowest BCUT2D eigenvalue weighted by Crippen LogP contribution is -2.08. The number of para-hydroxylation sites is 2. The molecule has 1 atom stereocenters. The Kier molecular flexibility index (Phi) is 3.20. The second-order valence-electron chi connectivity index (χ2n) is 4.70. The first kappa shape index (κ1) is 12.7. The van der Waals surface area contributed by atoms with Gasteiger partial charge in [-0.05, 0) is 24.3 Å². The van der Waals surface area contributed by atoms with Crippen LogP contribution in [0.15, 0.2) is 42.6 Å². The summed E-state index contributed by atoms with van der Waals surface area (Å²) in [6.45, 7) is 0. The molecule has 0 fully saturated rings. The third-order valence-corrected chi connectivity index (χ3v) is 3.35. The molecule has 1 unspecified atom stereocenters. The van der Waals surface area contributed by atoms with Gasteiger partial charge in [-0.2, -0.15) is 0 Å². The van der Waals surface area contributed by atoms with Gasteiger partial charge in [-0.1, -0.05) is 12.1 Å². The molecule has 0 spiro atoms. The van der Waals surface area contributed by atoms with Gasteiger partial charge in [0, 0.05) is 13.5 Å². The van der Waals surface area contributed by atoms with Crippen LogP contribution in [0.1, 0.15) is 17.6 Å². The van der Waals surface area contributed by atoms with Gasteiger partial charge in [-0.25, -0.2) is 9.37 Å². The van der Waals surface area contributed by atoms with Crippen LogP contribution in [0.5, 0.6) is 0 Å². The van der Waals surface area contributed by atoms with Crippen molar-refractivity contribution in [2.45, 2.75) is 12.5 Å². The average molecular weight is 271 g/mol. The van der Waals surface area contributed by atoms with Gasteiger partial charge in [-0.15, -0.1) is 0 Å². The number of benzene rings is 1. The van der Waals surface area contributed by atoms with Crippen LogP contribution in [0.2, 0.25) is 0 Å². The third kappa shape index (κ3) is 2.28. The molecule has 102 valence electrons. The summed E-state index contributed by atoms with van der Waals surface area (Å²) in [5, 5.41) is 10.2. The van der Waals surface area contributed by atoms with Crippen LogP contribution in [-0.4, -0.2) is 19.6 Å². The number of halogens is 1. The summed E-state index contributed by atoms with van der Waals surface area (Å²) >= 11 is 0. The van der Waals surface area contributed by atoms with E-state index in [9.17, 15) is 9.50 Å². The Bertz CT molecular complexity index is 736. The summed E-state index contributed by atoms with van der Waals surface area (Å²) in [6.07, 6.45) is 0.642. The summed E-state index contributed by atoms with van der Waals surface area (Å²) in [6, 6.07) is 10.6. The van der Waals surface area contributed by atoms with E-state index in [-0.39, 0.29) is 0 Å². The fraction of sp³-hybridized carbons (Fsp3) is 0.200. The third-order valence-electron chi connectivity index (χ3n) is 3.35. The van der Waals surface area contributed by atoms with Crippen molar-refractivity contribution in [3.63, 3.8) is 0 Å². The molecule has 1 aromatic carbocycles. The molecule has 0 saturated heterocycles. The summed E-state index contributed by atoms with van der Waals surface area (Å²) in [7, 11) is 1.91. The van der Waals surface area contributed by atoms with Gasteiger partial charge >= 0.3 is 0 Å². The standard InChI is InChI=1S/C15H14FN3O/c1-19-13-5-3-2-4-11(13)18-15(19)8-14(20)12-7-6-10(16)9-17-12/h2-7,9,14,20H,8H2,1H3. The molecule has 2 heterocycles. The summed E-state index contributed by atoms with van der Waals surface area (Å²) in [5.41, 5.74) is 2.35. The van der Waals surface area contributed by atoms with Gasteiger partial charge < -0.3 is 9.67 Å². The van der Waals surface area contributed by atoms with Crippen molar-refractivity contribution in [3.8, 4) is 0 Å². The molecular weight excluding hydrogens is 257 g/mol. The first-order valence-electron chi connectivity index (χ1n) is 6.35. The van der Waals surface area contributed by atoms with Crippen molar-refractivity contribution < 1.29 is 9.50 Å². The van der Waals surface area contributed by atoms with Crippen LogP contribution < -0.4 is 0 Å². The maximum absolute atomic E-state index is 12.8. The fourth-order valence-electron chi connectivity index (χ4n) is 2.24. The van der Waals surface area contributed by atoms with E-state index in [0.717, 1.165) is 23.1 Å². The minimum Gasteiger partial charge on any atom is -0.386 e. The van der Waals surface area contributed by atoms with Crippen molar-refractivity contribution in [2.24, 2.45) is 7.05 Å². The first-order valence-corrected chi connectivity index (χ1v) is 6.35. The number of rotatable bonds is 3. The molecule has 20 heavy (non-hydrogen) atoms. The van der Waals surface area contributed by atoms with E-state index in [1.807, 2.05) is 35.9 Å². The van der Waals surface area contributed by atoms with Crippen molar-refractivity contribution in [3.05, 3.63) is 59.9 Å². The second kappa shape index (κ2) is 5.02. The van der Waals surface area contributed by atoms with Gasteiger partial charge in [0.05, 0.1) is 22.9 Å². The molecule has 5 heteroatoms. The summed E-state index contributed by atoms with van der Waals surface area (Å²) in [5.74, 6) is 0.355. The zero-order valence-corrected chi connectivity index (χ0v) is 11.0. The van der Waals surface area contributed by atoms with E-state index in [4.69, 9.17) is 0 Å². The van der Waals surface area contributed by atoms with E-state index >= 15 is 0 Å². The molecule has 0 radical (unpaired) electrons. The molecule has 0 bridgehead atoms. The normalized spacial score (nSPS) is 12.8. The van der Waals surface area contributed by atoms with Gasteiger partial charge in [0.1, 0.15) is 17.7 Å². The number of fused-ring (bicyclic) bond motifs is 1. The van der Waals surface area contributed by atoms with E-state index < -0.39 is 11.9 Å². The van der Waals surface area contributed by atoms with E-state index in [1.54, 1.807) is 0 Å². The van der Waals surface area contributed by atoms with Crippen LogP contribution in [-0.2, 0) is 13.5 Å². The number of aryl methyl sites for hydroxylation is 1. The minimum atomic E-state index is -0.800. The Morgan fingerprint density at radius 1 is 1.25 bits per heavy atom. The highest BCUT2D eigenvalue weighted by Crippen LogP contribution is 2.20. The molecule has 3 aromatic rings. The van der Waals surface area contributed by atoms with Gasteiger partial charge in [0.2, 0.25) is 0 Å². The number of pyridine rings is 1. The zero-order chi connectivity index (χ0) is 14.1. The lowest BCUT2D eigenvalue weighted by atomic mass is 10.1. The lowest BCUT2D eigenvalue weighted by Gasteiger charge is -2.09. The van der Waals surface area contributed by atoms with Crippen LogP contribution in [0.3, 0.4) is 0 Å². The molecule has 0 amide bonds. The van der Waals surface area contributed by atoms with Crippen LogP contribution in [0, 0.1) is 5.82 Å². The first-order chi connectivity index (χ1) is 9.65. The average Bonchev–Trinajstić information content (AvgIpc) is 2.77. The molecular formula is C15H14FN3O. The number of hydrogen-bond acceptors (Lipinski definition) is 3. The van der Waals surface area contributed by atoms with E-state index in [2.05, 4.69) is 9.97 Å². The highest BCUT2D eigenvalue weighted by molar-refractivity contribution is 5.75. The fourth-order valence-corrected chi connectivity index (χ4v) is 2.24. The minimum absolute atomic E-state index is 0.337. The number of hydrogen-bond donors (Lipinski definition) is 1. The lowest BCUT2D eigenvalue weighted by molar-refractivity contribution is 0.170. The topological polar surface area (TPSA) is 50.9 Å². The molecule has 0 saturated carbocycles. The molecule has 4 nitrogen and oxygen atoms in total. The Labute approximate surface area is 115 Å². The highest BCUT2D eigenvalue weighted by atomic mass is 19.1. The molecule has 2 aromatic heterocycles. The van der Waals surface area contributed by atoms with Crippen molar-refractivity contribution >= 4 is 11.0 Å². The highest BCUT2D eigenvalue weighted by Gasteiger charge is 2.15. The molecule has 0 aliphatic rings. The molecule has 0 aliphatic heterocycles.